The maximum Gasteiger partial charge on any atom is 0.287 e. The molecule has 21 heavy (non-hydrogen) atoms. The molecule has 1 aromatic heterocycles. The van der Waals surface area contributed by atoms with Crippen molar-refractivity contribution in [3.05, 3.63) is 51.2 Å². The van der Waals surface area contributed by atoms with E-state index in [1.54, 1.807) is 12.1 Å². The minimum Gasteiger partial charge on any atom is -0.490 e. The standard InChI is InChI=1S/C14H13ClFN3O2/c1-19-14(20)12(15)11(7-17-19)18-10-5-6-21-13-8(10)3-2-4-9(13)16/h2-4,7,10,18H,5-6H2,1H3/t10-/m0/s1. The van der Waals surface area contributed by atoms with Gasteiger partial charge in [-0.1, -0.05) is 23.7 Å². The number of para-hydroxylation sites is 1. The number of fused-ring (bicyclic) bond motifs is 1. The fourth-order valence-corrected chi connectivity index (χ4v) is 2.56. The molecular weight excluding hydrogens is 297 g/mol. The Labute approximate surface area is 125 Å². The topological polar surface area (TPSA) is 56.1 Å². The van der Waals surface area contributed by atoms with Crippen molar-refractivity contribution < 1.29 is 9.13 Å². The Kier molecular flexibility index (Phi) is 3.55. The van der Waals surface area contributed by atoms with Crippen LogP contribution < -0.4 is 15.6 Å². The zero-order valence-electron chi connectivity index (χ0n) is 11.3. The lowest BCUT2D eigenvalue weighted by Gasteiger charge is -2.27. The van der Waals surface area contributed by atoms with Crippen LogP contribution in [0.4, 0.5) is 10.1 Å². The first-order valence-corrected chi connectivity index (χ1v) is 6.85. The average molecular weight is 310 g/mol. The monoisotopic (exact) mass is 309 g/mol. The van der Waals surface area contributed by atoms with Crippen LogP contribution in [0.1, 0.15) is 18.0 Å². The number of nitrogens with one attached hydrogen (secondary N) is 1. The van der Waals surface area contributed by atoms with Gasteiger partial charge in [-0.25, -0.2) is 9.07 Å². The van der Waals surface area contributed by atoms with Gasteiger partial charge in [-0.3, -0.25) is 4.79 Å². The number of anilines is 1. The number of rotatable bonds is 2. The number of aromatic nitrogens is 2. The molecule has 0 fully saturated rings. The van der Waals surface area contributed by atoms with E-state index in [1.807, 2.05) is 0 Å². The van der Waals surface area contributed by atoms with Crippen LogP contribution in [0.25, 0.3) is 0 Å². The molecule has 3 rings (SSSR count). The third-order valence-corrected chi connectivity index (χ3v) is 3.80. The lowest BCUT2D eigenvalue weighted by molar-refractivity contribution is 0.260. The van der Waals surface area contributed by atoms with E-state index in [4.69, 9.17) is 16.3 Å². The molecule has 1 N–H and O–H groups in total. The zero-order chi connectivity index (χ0) is 15.0. The number of benzene rings is 1. The van der Waals surface area contributed by atoms with Gasteiger partial charge in [-0.2, -0.15) is 5.10 Å². The minimum absolute atomic E-state index is 0.0666. The third-order valence-electron chi connectivity index (χ3n) is 3.43. The zero-order valence-corrected chi connectivity index (χ0v) is 12.0. The SMILES string of the molecule is Cn1ncc(N[C@H]2CCOc3c(F)cccc32)c(Cl)c1=O. The molecule has 5 nitrogen and oxygen atoms in total. The molecule has 0 radical (unpaired) electrons. The Morgan fingerprint density at radius 1 is 1.52 bits per heavy atom. The molecule has 0 amide bonds. The minimum atomic E-state index is -0.396. The lowest BCUT2D eigenvalue weighted by Crippen LogP contribution is -2.25. The van der Waals surface area contributed by atoms with Gasteiger partial charge in [0.1, 0.15) is 5.02 Å². The highest BCUT2D eigenvalue weighted by molar-refractivity contribution is 6.32. The van der Waals surface area contributed by atoms with Crippen molar-refractivity contribution in [2.75, 3.05) is 11.9 Å². The summed E-state index contributed by atoms with van der Waals surface area (Å²) in [6.07, 6.45) is 2.13. The Balaban J connectivity index is 1.96. The third kappa shape index (κ3) is 2.47. The summed E-state index contributed by atoms with van der Waals surface area (Å²) in [7, 11) is 1.52. The Morgan fingerprint density at radius 3 is 3.14 bits per heavy atom. The lowest BCUT2D eigenvalue weighted by atomic mass is 10.00. The second kappa shape index (κ2) is 5.37. The molecule has 0 aliphatic carbocycles. The molecule has 1 atom stereocenters. The van der Waals surface area contributed by atoms with E-state index in [1.165, 1.54) is 19.3 Å². The molecule has 2 aromatic rings. The summed E-state index contributed by atoms with van der Waals surface area (Å²) in [6, 6.07) is 4.59. The second-order valence-corrected chi connectivity index (χ2v) is 5.17. The van der Waals surface area contributed by atoms with Gasteiger partial charge in [0.05, 0.1) is 24.5 Å². The molecule has 2 heterocycles. The van der Waals surface area contributed by atoms with Crippen LogP contribution in [0, 0.1) is 5.82 Å². The molecular formula is C14H13ClFN3O2. The van der Waals surface area contributed by atoms with Gasteiger partial charge in [-0.15, -0.1) is 0 Å². The van der Waals surface area contributed by atoms with Gasteiger partial charge in [0.25, 0.3) is 5.56 Å². The van der Waals surface area contributed by atoms with Gasteiger partial charge < -0.3 is 10.1 Å². The summed E-state index contributed by atoms with van der Waals surface area (Å²) in [5.74, 6) is -0.152. The number of hydrogen-bond acceptors (Lipinski definition) is 4. The number of aryl methyl sites for hydroxylation is 1. The van der Waals surface area contributed by atoms with Crippen LogP contribution in [0.3, 0.4) is 0 Å². The number of hydrogen-bond donors (Lipinski definition) is 1. The van der Waals surface area contributed by atoms with Gasteiger partial charge in [0, 0.05) is 19.0 Å². The molecule has 7 heteroatoms. The van der Waals surface area contributed by atoms with E-state index < -0.39 is 5.82 Å². The van der Waals surface area contributed by atoms with Crippen molar-refractivity contribution in [2.24, 2.45) is 7.05 Å². The van der Waals surface area contributed by atoms with Crippen LogP contribution in [-0.2, 0) is 7.05 Å². The maximum absolute atomic E-state index is 13.7. The van der Waals surface area contributed by atoms with Crippen LogP contribution in [0.15, 0.2) is 29.2 Å². The van der Waals surface area contributed by atoms with Crippen molar-refractivity contribution in [1.29, 1.82) is 0 Å². The van der Waals surface area contributed by atoms with E-state index in [-0.39, 0.29) is 22.4 Å². The highest BCUT2D eigenvalue weighted by Crippen LogP contribution is 2.36. The van der Waals surface area contributed by atoms with Crippen molar-refractivity contribution in [2.45, 2.75) is 12.5 Å². The summed E-state index contributed by atoms with van der Waals surface area (Å²) in [5.41, 5.74) is 0.757. The summed E-state index contributed by atoms with van der Waals surface area (Å²) in [4.78, 5) is 11.8. The van der Waals surface area contributed by atoms with Crippen LogP contribution in [0.5, 0.6) is 5.75 Å². The molecule has 1 aliphatic heterocycles. The number of ether oxygens (including phenoxy) is 1. The fraction of sp³-hybridized carbons (Fsp3) is 0.286. The summed E-state index contributed by atoms with van der Waals surface area (Å²) in [5, 5.41) is 7.14. The molecule has 0 spiro atoms. The summed E-state index contributed by atoms with van der Waals surface area (Å²) in [6.45, 7) is 0.390. The van der Waals surface area contributed by atoms with Gasteiger partial charge in [-0.05, 0) is 6.07 Å². The van der Waals surface area contributed by atoms with Crippen molar-refractivity contribution in [3.63, 3.8) is 0 Å². The Hall–Kier alpha value is -2.08. The Bertz CT molecular complexity index is 747. The molecule has 0 saturated heterocycles. The summed E-state index contributed by atoms with van der Waals surface area (Å²) >= 11 is 6.03. The molecule has 1 aliphatic rings. The van der Waals surface area contributed by atoms with Crippen molar-refractivity contribution >= 4 is 17.3 Å². The van der Waals surface area contributed by atoms with Gasteiger partial charge >= 0.3 is 0 Å². The first-order valence-electron chi connectivity index (χ1n) is 6.47. The fourth-order valence-electron chi connectivity index (χ4n) is 2.34. The van der Waals surface area contributed by atoms with Crippen molar-refractivity contribution in [1.82, 2.24) is 9.78 Å². The van der Waals surface area contributed by atoms with Gasteiger partial charge in [0.15, 0.2) is 11.6 Å². The highest BCUT2D eigenvalue weighted by Gasteiger charge is 2.24. The average Bonchev–Trinajstić information content (AvgIpc) is 2.49. The van der Waals surface area contributed by atoms with E-state index in [0.29, 0.717) is 24.3 Å². The molecule has 110 valence electrons. The predicted octanol–water partition coefficient (Wildman–Crippen LogP) is 2.51. The molecule has 0 unspecified atom stereocenters. The molecule has 1 aromatic carbocycles. The molecule has 0 saturated carbocycles. The van der Waals surface area contributed by atoms with E-state index >= 15 is 0 Å². The largest absolute Gasteiger partial charge is 0.490 e. The van der Waals surface area contributed by atoms with E-state index in [9.17, 15) is 9.18 Å². The first kappa shape index (κ1) is 13.9. The number of halogens is 2. The smallest absolute Gasteiger partial charge is 0.287 e. The normalized spacial score (nSPS) is 17.0. The second-order valence-electron chi connectivity index (χ2n) is 4.79. The number of nitrogens with zero attached hydrogens (tertiary/aromatic N) is 2. The Morgan fingerprint density at radius 2 is 2.33 bits per heavy atom. The van der Waals surface area contributed by atoms with E-state index in [2.05, 4.69) is 10.4 Å². The van der Waals surface area contributed by atoms with Crippen LogP contribution >= 0.6 is 11.6 Å². The summed E-state index contributed by atoms with van der Waals surface area (Å²) < 4.78 is 20.3. The highest BCUT2D eigenvalue weighted by atomic mass is 35.5. The van der Waals surface area contributed by atoms with Crippen LogP contribution in [-0.4, -0.2) is 16.4 Å². The first-order chi connectivity index (χ1) is 10.1. The maximum atomic E-state index is 13.7. The van der Waals surface area contributed by atoms with Crippen LogP contribution in [0.2, 0.25) is 5.02 Å². The van der Waals surface area contributed by atoms with Gasteiger partial charge in [0.2, 0.25) is 0 Å². The quantitative estimate of drug-likeness (QED) is 0.926. The van der Waals surface area contributed by atoms with E-state index in [0.717, 1.165) is 4.68 Å². The predicted molar refractivity (Wildman–Crippen MR) is 77.4 cm³/mol. The molecule has 0 bridgehead atoms. The van der Waals surface area contributed by atoms with Crippen molar-refractivity contribution in [3.8, 4) is 5.75 Å².